The number of hydrogen-bond donors (Lipinski definition) is 0. The minimum absolute atomic E-state index is 0.863. The van der Waals surface area contributed by atoms with Crippen molar-refractivity contribution in [2.75, 3.05) is 0 Å². The van der Waals surface area contributed by atoms with Gasteiger partial charge >= 0.3 is 0 Å². The van der Waals surface area contributed by atoms with Crippen molar-refractivity contribution in [3.63, 3.8) is 0 Å². The van der Waals surface area contributed by atoms with E-state index >= 15 is 0 Å². The maximum atomic E-state index is 2.53. The van der Waals surface area contributed by atoms with Crippen molar-refractivity contribution in [2.45, 2.75) is 6.42 Å². The van der Waals surface area contributed by atoms with Crippen LogP contribution >= 0.6 is 0 Å². The van der Waals surface area contributed by atoms with Gasteiger partial charge in [0, 0.05) is 39.3 Å². The molecule has 2 nitrogen and oxygen atoms in total. The van der Waals surface area contributed by atoms with Gasteiger partial charge in [0.15, 0.2) is 8.07 Å². The molecule has 0 amide bonds. The molecular formula is C55H38N2Si. The number of aromatic nitrogens is 2. The zero-order valence-electron chi connectivity index (χ0n) is 31.9. The van der Waals surface area contributed by atoms with Gasteiger partial charge in [-0.05, 0) is 85.5 Å². The minimum Gasteiger partial charge on any atom is -0.309 e. The Morgan fingerprint density at radius 3 is 1.45 bits per heavy atom. The average Bonchev–Trinajstić information content (AvgIpc) is 3.96. The first kappa shape index (κ1) is 33.0. The van der Waals surface area contributed by atoms with E-state index in [1.165, 1.54) is 98.0 Å². The van der Waals surface area contributed by atoms with Gasteiger partial charge in [-0.2, -0.15) is 0 Å². The molecule has 1 aliphatic carbocycles. The van der Waals surface area contributed by atoms with Gasteiger partial charge < -0.3 is 9.13 Å². The Balaban J connectivity index is 1.13. The van der Waals surface area contributed by atoms with Crippen LogP contribution in [-0.2, 0) is 6.42 Å². The molecule has 0 radical (unpaired) electrons. The smallest absolute Gasteiger partial charge is 0.179 e. The number of para-hydroxylation sites is 3. The molecule has 0 aliphatic heterocycles. The molecule has 2 heterocycles. The zero-order valence-corrected chi connectivity index (χ0v) is 32.9. The molecule has 2 aromatic heterocycles. The molecule has 1 aliphatic rings. The van der Waals surface area contributed by atoms with E-state index in [1.54, 1.807) is 0 Å². The topological polar surface area (TPSA) is 9.86 Å². The van der Waals surface area contributed by atoms with E-state index in [-0.39, 0.29) is 0 Å². The molecule has 0 unspecified atom stereocenters. The second-order valence-electron chi connectivity index (χ2n) is 15.6. The molecule has 0 saturated carbocycles. The van der Waals surface area contributed by atoms with Crippen LogP contribution in [0.4, 0.5) is 0 Å². The summed E-state index contributed by atoms with van der Waals surface area (Å²) < 4.78 is 4.97. The molecular weight excluding hydrogens is 717 g/mol. The third-order valence-corrected chi connectivity index (χ3v) is 17.6. The van der Waals surface area contributed by atoms with Gasteiger partial charge in [-0.1, -0.05) is 176 Å². The highest BCUT2D eigenvalue weighted by Crippen LogP contribution is 2.45. The van der Waals surface area contributed by atoms with Crippen molar-refractivity contribution in [1.29, 1.82) is 0 Å². The van der Waals surface area contributed by atoms with Gasteiger partial charge in [0.2, 0.25) is 0 Å². The predicted molar refractivity (Wildman–Crippen MR) is 247 cm³/mol. The lowest BCUT2D eigenvalue weighted by Crippen LogP contribution is -2.75. The summed E-state index contributed by atoms with van der Waals surface area (Å²) in [5, 5.41) is 10.8. The van der Waals surface area contributed by atoms with Crippen molar-refractivity contribution >= 4 is 72.4 Å². The van der Waals surface area contributed by atoms with Gasteiger partial charge in [0.1, 0.15) is 0 Å². The molecule has 0 N–H and O–H groups in total. The third kappa shape index (κ3) is 4.65. The summed E-state index contributed by atoms with van der Waals surface area (Å²) in [6.07, 6.45) is 0.863. The first-order valence-corrected chi connectivity index (χ1v) is 22.2. The molecule has 0 bridgehead atoms. The van der Waals surface area contributed by atoms with Crippen molar-refractivity contribution < 1.29 is 0 Å². The lowest BCUT2D eigenvalue weighted by molar-refractivity contribution is 1.15. The molecule has 9 aromatic carbocycles. The third-order valence-electron chi connectivity index (χ3n) is 12.7. The number of hydrogen-bond acceptors (Lipinski definition) is 0. The summed E-state index contributed by atoms with van der Waals surface area (Å²) in [5.41, 5.74) is 12.9. The van der Waals surface area contributed by atoms with Crippen molar-refractivity contribution in [3.8, 4) is 22.5 Å². The van der Waals surface area contributed by atoms with E-state index in [4.69, 9.17) is 0 Å². The molecule has 0 spiro atoms. The van der Waals surface area contributed by atoms with Crippen LogP contribution in [-0.4, -0.2) is 17.2 Å². The highest BCUT2D eigenvalue weighted by atomic mass is 28.3. The second-order valence-corrected chi connectivity index (χ2v) is 19.4. The maximum Gasteiger partial charge on any atom is 0.179 e. The van der Waals surface area contributed by atoms with Crippen molar-refractivity contribution in [2.24, 2.45) is 0 Å². The Bertz CT molecular complexity index is 3190. The van der Waals surface area contributed by atoms with Crippen LogP contribution in [0.5, 0.6) is 0 Å². The summed E-state index contributed by atoms with van der Waals surface area (Å²) in [6.45, 7) is 0. The summed E-state index contributed by atoms with van der Waals surface area (Å²) in [5.74, 6) is 0. The second kappa shape index (κ2) is 12.9. The van der Waals surface area contributed by atoms with Crippen LogP contribution in [0.25, 0.3) is 66.1 Å². The highest BCUT2D eigenvalue weighted by molar-refractivity contribution is 7.20. The van der Waals surface area contributed by atoms with Gasteiger partial charge in [-0.25, -0.2) is 0 Å². The summed E-state index contributed by atoms with van der Waals surface area (Å²) >= 11 is 0. The number of benzene rings is 9. The van der Waals surface area contributed by atoms with E-state index in [0.29, 0.717) is 0 Å². The molecule has 0 saturated heterocycles. The molecule has 3 heteroatoms. The standard InChI is InChI=1S/C55H38N2Si/c1-5-18-38(19-6-1)57-53-35-32-39(56-51-29-15-13-26-45(51)46-27-14-16-30-52(46)56)36-48(53)47-34-33-44-43-28-17-31-54(49(43)37-50(44)55(47)57)58(40-20-7-2-8-21-40,41-22-9-3-10-23-41)42-24-11-4-12-25-42/h1-36H,37H2. The lowest BCUT2D eigenvalue weighted by atomic mass is 10.0. The number of nitrogens with zero attached hydrogens (tertiary/aromatic N) is 2. The summed E-state index contributed by atoms with van der Waals surface area (Å²) in [6, 6.07) is 81.5. The summed E-state index contributed by atoms with van der Waals surface area (Å²) in [7, 11) is -2.77. The normalized spacial score (nSPS) is 12.4. The summed E-state index contributed by atoms with van der Waals surface area (Å²) in [4.78, 5) is 0. The maximum absolute atomic E-state index is 2.77. The first-order valence-electron chi connectivity index (χ1n) is 20.2. The van der Waals surface area contributed by atoms with Crippen molar-refractivity contribution in [1.82, 2.24) is 9.13 Å². The van der Waals surface area contributed by atoms with Crippen LogP contribution in [0.1, 0.15) is 11.1 Å². The van der Waals surface area contributed by atoms with Crippen LogP contribution in [0, 0.1) is 0 Å². The molecule has 0 fully saturated rings. The van der Waals surface area contributed by atoms with E-state index in [2.05, 4.69) is 228 Å². The Morgan fingerprint density at radius 1 is 0.328 bits per heavy atom. The van der Waals surface area contributed by atoms with E-state index < -0.39 is 8.07 Å². The van der Waals surface area contributed by atoms with Gasteiger partial charge in [0.25, 0.3) is 0 Å². The van der Waals surface area contributed by atoms with E-state index in [0.717, 1.165) is 6.42 Å². The Morgan fingerprint density at radius 2 is 0.845 bits per heavy atom. The molecule has 272 valence electrons. The fourth-order valence-corrected chi connectivity index (χ4v) is 15.4. The fraction of sp³-hybridized carbons (Fsp3) is 0.0182. The van der Waals surface area contributed by atoms with Crippen LogP contribution in [0.15, 0.2) is 218 Å². The van der Waals surface area contributed by atoms with Gasteiger partial charge in [-0.15, -0.1) is 0 Å². The largest absolute Gasteiger partial charge is 0.309 e. The fourth-order valence-electron chi connectivity index (χ4n) is 10.4. The molecule has 58 heavy (non-hydrogen) atoms. The zero-order chi connectivity index (χ0) is 38.2. The number of rotatable bonds is 6. The van der Waals surface area contributed by atoms with Crippen LogP contribution < -0.4 is 20.7 Å². The predicted octanol–water partition coefficient (Wildman–Crippen LogP) is 10.8. The van der Waals surface area contributed by atoms with Crippen molar-refractivity contribution in [3.05, 3.63) is 230 Å². The number of fused-ring (bicyclic) bond motifs is 10. The SMILES string of the molecule is c1ccc(-n2c3ccc(-n4c5ccccc5c5ccccc54)cc3c3ccc4c(c32)Cc2c-4cccc2[Si](c2ccccc2)(c2ccccc2)c2ccccc2)cc1. The van der Waals surface area contributed by atoms with Crippen LogP contribution in [0.2, 0.25) is 0 Å². The minimum atomic E-state index is -2.77. The van der Waals surface area contributed by atoms with Gasteiger partial charge in [-0.3, -0.25) is 0 Å². The molecule has 12 rings (SSSR count). The monoisotopic (exact) mass is 754 g/mol. The Kier molecular flexibility index (Phi) is 7.35. The molecule has 0 atom stereocenters. The average molecular weight is 755 g/mol. The lowest BCUT2D eigenvalue weighted by Gasteiger charge is -2.36. The Labute approximate surface area is 338 Å². The van der Waals surface area contributed by atoms with Crippen LogP contribution in [0.3, 0.4) is 0 Å². The molecule has 11 aromatic rings. The quantitative estimate of drug-likeness (QED) is 0.118. The van der Waals surface area contributed by atoms with E-state index in [1.807, 2.05) is 0 Å². The Hall–Kier alpha value is -7.20. The first-order chi connectivity index (χ1) is 28.8. The van der Waals surface area contributed by atoms with E-state index in [9.17, 15) is 0 Å². The highest BCUT2D eigenvalue weighted by Gasteiger charge is 2.44. The van der Waals surface area contributed by atoms with Gasteiger partial charge in [0.05, 0.1) is 22.1 Å².